The standard InChI is InChI=1S/C26H33N7O/c1-7-21-30-31-24(34-21)17-10-11-33(14-17)25-28-20(22-23(29-25)27-15-32(22)6)13-18-12-19(26(3,4)5)9-8-16(18)2/h8-9,12,15,17H,7,10-11,13-14H2,1-6H3. The lowest BCUT2D eigenvalue weighted by atomic mass is 9.84. The van der Waals surface area contributed by atoms with Gasteiger partial charge in [-0.05, 0) is 35.4 Å². The van der Waals surface area contributed by atoms with Crippen molar-refractivity contribution in [3.05, 3.63) is 58.7 Å². The van der Waals surface area contributed by atoms with Gasteiger partial charge in [-0.2, -0.15) is 4.98 Å². The Kier molecular flexibility index (Phi) is 5.62. The van der Waals surface area contributed by atoms with Gasteiger partial charge in [-0.1, -0.05) is 45.9 Å². The average Bonchev–Trinajstić information content (AvgIpc) is 3.54. The van der Waals surface area contributed by atoms with E-state index in [-0.39, 0.29) is 11.3 Å². The number of hydrogen-bond donors (Lipinski definition) is 0. The van der Waals surface area contributed by atoms with Crippen molar-refractivity contribution >= 4 is 17.1 Å². The molecule has 1 saturated heterocycles. The van der Waals surface area contributed by atoms with E-state index in [4.69, 9.17) is 14.4 Å². The Balaban J connectivity index is 1.48. The van der Waals surface area contributed by atoms with Gasteiger partial charge < -0.3 is 13.9 Å². The number of anilines is 1. The van der Waals surface area contributed by atoms with Crippen molar-refractivity contribution in [2.75, 3.05) is 18.0 Å². The maximum Gasteiger partial charge on any atom is 0.227 e. The topological polar surface area (TPSA) is 85.8 Å². The lowest BCUT2D eigenvalue weighted by Gasteiger charge is -2.21. The third-order valence-electron chi connectivity index (χ3n) is 6.81. The molecule has 0 amide bonds. The van der Waals surface area contributed by atoms with Gasteiger partial charge in [0, 0.05) is 33.0 Å². The first-order valence-corrected chi connectivity index (χ1v) is 12.1. The molecule has 4 aromatic rings. The number of imidazole rings is 1. The summed E-state index contributed by atoms with van der Waals surface area (Å²) in [7, 11) is 2.01. The highest BCUT2D eigenvalue weighted by atomic mass is 16.4. The van der Waals surface area contributed by atoms with Crippen LogP contribution < -0.4 is 4.90 Å². The monoisotopic (exact) mass is 459 g/mol. The van der Waals surface area contributed by atoms with E-state index >= 15 is 0 Å². The molecule has 1 fully saturated rings. The van der Waals surface area contributed by atoms with Crippen LogP contribution in [-0.2, 0) is 25.3 Å². The van der Waals surface area contributed by atoms with Crippen molar-refractivity contribution in [3.8, 4) is 0 Å². The first kappa shape index (κ1) is 22.5. The van der Waals surface area contributed by atoms with E-state index in [1.807, 2.05) is 24.9 Å². The molecular weight excluding hydrogens is 426 g/mol. The van der Waals surface area contributed by atoms with Crippen LogP contribution in [-0.4, -0.2) is 42.8 Å². The number of aryl methyl sites for hydroxylation is 3. The summed E-state index contributed by atoms with van der Waals surface area (Å²) in [6.45, 7) is 12.6. The van der Waals surface area contributed by atoms with E-state index in [1.54, 1.807) is 0 Å². The fourth-order valence-electron chi connectivity index (χ4n) is 4.62. The summed E-state index contributed by atoms with van der Waals surface area (Å²) in [6, 6.07) is 6.78. The highest BCUT2D eigenvalue weighted by Crippen LogP contribution is 2.31. The van der Waals surface area contributed by atoms with Crippen LogP contribution in [0.15, 0.2) is 28.9 Å². The van der Waals surface area contributed by atoms with Crippen molar-refractivity contribution in [1.29, 1.82) is 0 Å². The molecule has 1 unspecified atom stereocenters. The number of nitrogens with zero attached hydrogens (tertiary/aromatic N) is 7. The predicted octanol–water partition coefficient (Wildman–Crippen LogP) is 4.50. The number of hydrogen-bond acceptors (Lipinski definition) is 7. The second-order valence-corrected chi connectivity index (χ2v) is 10.4. The number of benzene rings is 1. The fraction of sp³-hybridized carbons (Fsp3) is 0.500. The SMILES string of the molecule is CCc1nnc(C2CCN(c3nc(Cc4cc(C(C)(C)C)ccc4C)c4c(ncn4C)n3)C2)o1. The molecule has 8 heteroatoms. The Morgan fingerprint density at radius 3 is 2.71 bits per heavy atom. The quantitative estimate of drug-likeness (QED) is 0.434. The van der Waals surface area contributed by atoms with Crippen LogP contribution in [0.4, 0.5) is 5.95 Å². The van der Waals surface area contributed by atoms with Crippen LogP contribution in [0.25, 0.3) is 11.2 Å². The lowest BCUT2D eigenvalue weighted by Crippen LogP contribution is -2.22. The Hall–Kier alpha value is -3.29. The predicted molar refractivity (Wildman–Crippen MR) is 132 cm³/mol. The summed E-state index contributed by atoms with van der Waals surface area (Å²) >= 11 is 0. The van der Waals surface area contributed by atoms with Crippen molar-refractivity contribution in [2.24, 2.45) is 7.05 Å². The second kappa shape index (κ2) is 8.49. The molecule has 1 aliphatic rings. The smallest absolute Gasteiger partial charge is 0.227 e. The summed E-state index contributed by atoms with van der Waals surface area (Å²) in [4.78, 5) is 16.7. The maximum absolute atomic E-state index is 5.82. The van der Waals surface area contributed by atoms with Crippen LogP contribution in [0.5, 0.6) is 0 Å². The molecule has 0 aliphatic carbocycles. The van der Waals surface area contributed by atoms with Gasteiger partial charge in [0.2, 0.25) is 17.7 Å². The summed E-state index contributed by atoms with van der Waals surface area (Å²) in [5.41, 5.74) is 6.72. The van der Waals surface area contributed by atoms with E-state index < -0.39 is 0 Å². The summed E-state index contributed by atoms with van der Waals surface area (Å²) < 4.78 is 7.85. The van der Waals surface area contributed by atoms with Crippen LogP contribution in [0.2, 0.25) is 0 Å². The molecule has 0 saturated carbocycles. The molecule has 3 aromatic heterocycles. The lowest BCUT2D eigenvalue weighted by molar-refractivity contribution is 0.427. The van der Waals surface area contributed by atoms with Gasteiger partial charge in [0.05, 0.1) is 17.9 Å². The molecule has 1 atom stereocenters. The van der Waals surface area contributed by atoms with Gasteiger partial charge in [-0.25, -0.2) is 9.97 Å². The van der Waals surface area contributed by atoms with E-state index in [0.29, 0.717) is 11.8 Å². The largest absolute Gasteiger partial charge is 0.425 e. The molecule has 0 radical (unpaired) electrons. The first-order valence-electron chi connectivity index (χ1n) is 12.1. The van der Waals surface area contributed by atoms with E-state index in [1.165, 1.54) is 16.7 Å². The number of fused-ring (bicyclic) bond motifs is 1. The minimum atomic E-state index is 0.0953. The maximum atomic E-state index is 5.82. The van der Waals surface area contributed by atoms with Gasteiger partial charge in [-0.15, -0.1) is 10.2 Å². The molecule has 1 aliphatic heterocycles. The van der Waals surface area contributed by atoms with Crippen LogP contribution >= 0.6 is 0 Å². The van der Waals surface area contributed by atoms with Crippen molar-refractivity contribution in [3.63, 3.8) is 0 Å². The minimum absolute atomic E-state index is 0.0953. The van der Waals surface area contributed by atoms with Crippen molar-refractivity contribution in [1.82, 2.24) is 29.7 Å². The zero-order valence-electron chi connectivity index (χ0n) is 21.0. The zero-order chi connectivity index (χ0) is 24.0. The highest BCUT2D eigenvalue weighted by Gasteiger charge is 2.30. The zero-order valence-corrected chi connectivity index (χ0v) is 21.0. The molecule has 34 heavy (non-hydrogen) atoms. The second-order valence-electron chi connectivity index (χ2n) is 10.4. The van der Waals surface area contributed by atoms with Crippen LogP contribution in [0.1, 0.15) is 74.2 Å². The molecule has 0 bridgehead atoms. The number of aromatic nitrogens is 6. The molecule has 8 nitrogen and oxygen atoms in total. The van der Waals surface area contributed by atoms with E-state index in [0.717, 1.165) is 55.2 Å². The molecule has 178 valence electrons. The molecule has 4 heterocycles. The first-order chi connectivity index (χ1) is 16.2. The van der Waals surface area contributed by atoms with E-state index in [2.05, 4.69) is 66.0 Å². The summed E-state index contributed by atoms with van der Waals surface area (Å²) in [6.07, 6.45) is 4.25. The molecule has 5 rings (SSSR count). The Morgan fingerprint density at radius 1 is 1.15 bits per heavy atom. The van der Waals surface area contributed by atoms with Gasteiger partial charge in [0.1, 0.15) is 5.52 Å². The summed E-state index contributed by atoms with van der Waals surface area (Å²) in [5, 5.41) is 8.40. The Labute approximate surface area is 200 Å². The molecular formula is C26H33N7O. The summed E-state index contributed by atoms with van der Waals surface area (Å²) in [5.74, 6) is 2.33. The van der Waals surface area contributed by atoms with Crippen LogP contribution in [0, 0.1) is 6.92 Å². The van der Waals surface area contributed by atoms with Gasteiger partial charge in [0.25, 0.3) is 0 Å². The van der Waals surface area contributed by atoms with Gasteiger partial charge >= 0.3 is 0 Å². The minimum Gasteiger partial charge on any atom is -0.425 e. The fourth-order valence-corrected chi connectivity index (χ4v) is 4.62. The molecule has 1 aromatic carbocycles. The number of rotatable bonds is 5. The highest BCUT2D eigenvalue weighted by molar-refractivity contribution is 5.75. The molecule has 0 spiro atoms. The van der Waals surface area contributed by atoms with Crippen molar-refractivity contribution < 1.29 is 4.42 Å². The van der Waals surface area contributed by atoms with Crippen LogP contribution in [0.3, 0.4) is 0 Å². The Morgan fingerprint density at radius 2 is 1.97 bits per heavy atom. The average molecular weight is 460 g/mol. The van der Waals surface area contributed by atoms with Gasteiger partial charge in [-0.3, -0.25) is 0 Å². The third-order valence-corrected chi connectivity index (χ3v) is 6.81. The Bertz CT molecular complexity index is 1330. The third kappa shape index (κ3) is 4.17. The van der Waals surface area contributed by atoms with E-state index in [9.17, 15) is 0 Å². The van der Waals surface area contributed by atoms with Crippen molar-refractivity contribution in [2.45, 2.75) is 65.2 Å². The molecule has 0 N–H and O–H groups in total. The van der Waals surface area contributed by atoms with Gasteiger partial charge in [0.15, 0.2) is 5.65 Å². The normalized spacial score (nSPS) is 16.6.